The number of aliphatic carboxylic acids is 1. The molecule has 26 atom stereocenters. The molecule has 2 amide bonds. The van der Waals surface area contributed by atoms with Crippen LogP contribution in [0.5, 0.6) is 0 Å². The molecule has 0 spiro atoms. The first kappa shape index (κ1) is 55.4. The smallest absolute Gasteiger partial charge is 0.364 e. The number of ether oxygens (including phenoxy) is 9. The molecular weight excluding hydrogens is 920 g/mol. The van der Waals surface area contributed by atoms with Crippen molar-refractivity contribution in [3.63, 3.8) is 0 Å². The summed E-state index contributed by atoms with van der Waals surface area (Å²) in [6, 6.07) is -3.47. The number of aliphatic hydroxyl groups is 15. The molecule has 5 rings (SSSR count). The Labute approximate surface area is 379 Å². The van der Waals surface area contributed by atoms with Crippen LogP contribution in [0, 0.1) is 0 Å². The average Bonchev–Trinajstić information content (AvgIpc) is 3.28. The van der Waals surface area contributed by atoms with E-state index in [0.29, 0.717) is 0 Å². The number of rotatable bonds is 17. The number of carbonyl (C=O) groups excluding carboxylic acids is 2. The van der Waals surface area contributed by atoms with Gasteiger partial charge in [0.1, 0.15) is 110 Å². The predicted octanol–water partition coefficient (Wildman–Crippen LogP) is -11.4. The molecule has 0 aromatic rings. The van der Waals surface area contributed by atoms with Crippen molar-refractivity contribution >= 4 is 17.8 Å². The quantitative estimate of drug-likeness (QED) is 0.0643. The first-order valence-electron chi connectivity index (χ1n) is 21.1. The van der Waals surface area contributed by atoms with E-state index in [0.717, 1.165) is 13.8 Å². The fourth-order valence-electron chi connectivity index (χ4n) is 8.47. The van der Waals surface area contributed by atoms with E-state index in [1.54, 1.807) is 0 Å². The number of carboxylic acid groups (broad SMARTS) is 1. The van der Waals surface area contributed by atoms with Gasteiger partial charge in [-0.2, -0.15) is 0 Å². The standard InChI is InChI=1S/C37H62N2O28/c1-9-19(48)23(52)24(53)34(59-9)64-29-18(39-11(3)45)33(65-30-21(50)14(6-41)60-32(56)25(30)54)62-16(8-43)27(29)63-35-26(55)31(22(51)15(7-42)61-35)67-37(36(57)58)4-12(46)17(38-10(2)44)28(66-37)20(49)13(47)5-40/h9,12-35,40-43,46-56H,4-8H2,1-3H3,(H,38,44)(H,39,45)(H,57,58)/t9-,12-,13+,14+,15+,16+,17+,18+,19+,20+,21-,22-,23+,24-,25+,26+,27+,28+,29+,30-,31-,32-,33-,34-,35-,37-/m0/s1. The zero-order chi connectivity index (χ0) is 50.0. The molecule has 0 unspecified atom stereocenters. The number of nitrogens with one attached hydrogen (secondary N) is 2. The minimum Gasteiger partial charge on any atom is -0.477 e. The van der Waals surface area contributed by atoms with E-state index in [2.05, 4.69) is 10.6 Å². The fraction of sp³-hybridized carbons (Fsp3) is 0.919. The Morgan fingerprint density at radius 1 is 0.612 bits per heavy atom. The Morgan fingerprint density at radius 2 is 1.13 bits per heavy atom. The molecule has 5 fully saturated rings. The zero-order valence-corrected chi connectivity index (χ0v) is 36.0. The molecular formula is C37H62N2O28. The van der Waals surface area contributed by atoms with Gasteiger partial charge in [-0.05, 0) is 6.92 Å². The third-order valence-corrected chi connectivity index (χ3v) is 12.1. The highest BCUT2D eigenvalue weighted by molar-refractivity contribution is 5.76. The molecule has 0 radical (unpaired) electrons. The van der Waals surface area contributed by atoms with Gasteiger partial charge in [-0.25, -0.2) is 4.79 Å². The van der Waals surface area contributed by atoms with Gasteiger partial charge in [-0.1, -0.05) is 0 Å². The van der Waals surface area contributed by atoms with Crippen molar-refractivity contribution in [2.24, 2.45) is 0 Å². The minimum absolute atomic E-state index is 0.817. The molecule has 0 saturated carbocycles. The summed E-state index contributed by atoms with van der Waals surface area (Å²) < 4.78 is 51.7. The van der Waals surface area contributed by atoms with Crippen LogP contribution in [-0.2, 0) is 57.0 Å². The molecule has 388 valence electrons. The molecule has 5 aliphatic heterocycles. The van der Waals surface area contributed by atoms with Crippen molar-refractivity contribution in [2.75, 3.05) is 26.4 Å². The van der Waals surface area contributed by atoms with Crippen LogP contribution in [0.1, 0.15) is 27.2 Å². The van der Waals surface area contributed by atoms with Crippen molar-refractivity contribution in [1.82, 2.24) is 10.6 Å². The molecule has 5 aliphatic rings. The minimum atomic E-state index is -3.20. The molecule has 0 aromatic heterocycles. The van der Waals surface area contributed by atoms with Gasteiger partial charge < -0.3 is 135 Å². The second-order valence-corrected chi connectivity index (χ2v) is 16.8. The van der Waals surface area contributed by atoms with E-state index in [1.165, 1.54) is 6.92 Å². The van der Waals surface area contributed by atoms with Crippen LogP contribution < -0.4 is 10.6 Å². The topological polar surface area (TPSA) is 482 Å². The van der Waals surface area contributed by atoms with Crippen molar-refractivity contribution in [3.05, 3.63) is 0 Å². The maximum Gasteiger partial charge on any atom is 0.364 e. The van der Waals surface area contributed by atoms with Crippen LogP contribution in [-0.4, -0.2) is 285 Å². The van der Waals surface area contributed by atoms with Gasteiger partial charge in [0.2, 0.25) is 11.8 Å². The largest absolute Gasteiger partial charge is 0.477 e. The fourth-order valence-corrected chi connectivity index (χ4v) is 8.47. The molecule has 18 N–H and O–H groups in total. The third-order valence-electron chi connectivity index (χ3n) is 12.1. The van der Waals surface area contributed by atoms with Gasteiger partial charge in [0, 0.05) is 20.3 Å². The average molecular weight is 983 g/mol. The third kappa shape index (κ3) is 11.8. The van der Waals surface area contributed by atoms with Crippen LogP contribution in [0.4, 0.5) is 0 Å². The summed E-state index contributed by atoms with van der Waals surface area (Å²) >= 11 is 0. The number of carbonyl (C=O) groups is 3. The highest BCUT2D eigenvalue weighted by atomic mass is 16.8. The lowest BCUT2D eigenvalue weighted by molar-refractivity contribution is -0.396. The normalized spacial score (nSPS) is 47.1. The highest BCUT2D eigenvalue weighted by Crippen LogP contribution is 2.40. The maximum absolute atomic E-state index is 13.0. The molecule has 67 heavy (non-hydrogen) atoms. The Morgan fingerprint density at radius 3 is 1.70 bits per heavy atom. The summed E-state index contributed by atoms with van der Waals surface area (Å²) in [6.07, 6.45) is -46.7. The Hall–Kier alpha value is -2.55. The van der Waals surface area contributed by atoms with E-state index in [4.69, 9.17) is 42.6 Å². The molecule has 0 bridgehead atoms. The molecule has 30 nitrogen and oxygen atoms in total. The van der Waals surface area contributed by atoms with Crippen molar-refractivity contribution in [3.8, 4) is 0 Å². The van der Waals surface area contributed by atoms with Crippen LogP contribution in [0.2, 0.25) is 0 Å². The second kappa shape index (κ2) is 23.1. The predicted molar refractivity (Wildman–Crippen MR) is 206 cm³/mol. The summed E-state index contributed by atoms with van der Waals surface area (Å²) in [7, 11) is 0. The van der Waals surface area contributed by atoms with Crippen molar-refractivity contribution in [1.29, 1.82) is 0 Å². The number of amides is 2. The number of aliphatic hydroxyl groups excluding tert-OH is 15. The van der Waals surface area contributed by atoms with Gasteiger partial charge in [0.25, 0.3) is 5.79 Å². The second-order valence-electron chi connectivity index (χ2n) is 16.8. The lowest BCUT2D eigenvalue weighted by atomic mass is 9.88. The Kier molecular flexibility index (Phi) is 19.1. The van der Waals surface area contributed by atoms with E-state index in [9.17, 15) is 96.1 Å². The van der Waals surface area contributed by atoms with E-state index in [-0.39, 0.29) is 0 Å². The van der Waals surface area contributed by atoms with Gasteiger partial charge in [0.15, 0.2) is 25.2 Å². The van der Waals surface area contributed by atoms with Gasteiger partial charge in [-0.15, -0.1) is 0 Å². The van der Waals surface area contributed by atoms with Crippen LogP contribution in [0.3, 0.4) is 0 Å². The number of carboxylic acids is 1. The van der Waals surface area contributed by atoms with Gasteiger partial charge >= 0.3 is 5.97 Å². The monoisotopic (exact) mass is 982 g/mol. The first-order chi connectivity index (χ1) is 31.4. The molecule has 5 heterocycles. The lowest BCUT2D eigenvalue weighted by Crippen LogP contribution is -2.72. The number of hydrogen-bond donors (Lipinski definition) is 18. The molecule has 0 aliphatic carbocycles. The van der Waals surface area contributed by atoms with Crippen LogP contribution in [0.25, 0.3) is 0 Å². The first-order valence-corrected chi connectivity index (χ1v) is 21.1. The van der Waals surface area contributed by atoms with Crippen molar-refractivity contribution < 1.29 is 139 Å². The maximum atomic E-state index is 13.0. The lowest BCUT2D eigenvalue weighted by Gasteiger charge is -2.52. The van der Waals surface area contributed by atoms with Gasteiger partial charge in [-0.3, -0.25) is 9.59 Å². The summed E-state index contributed by atoms with van der Waals surface area (Å²) in [5, 5.41) is 175. The summed E-state index contributed by atoms with van der Waals surface area (Å²) in [5.74, 6) is -6.97. The summed E-state index contributed by atoms with van der Waals surface area (Å²) in [4.78, 5) is 37.9. The van der Waals surface area contributed by atoms with Crippen molar-refractivity contribution in [2.45, 2.75) is 186 Å². The van der Waals surface area contributed by atoms with Crippen LogP contribution >= 0.6 is 0 Å². The molecule has 30 heteroatoms. The van der Waals surface area contributed by atoms with Crippen LogP contribution in [0.15, 0.2) is 0 Å². The zero-order valence-electron chi connectivity index (χ0n) is 36.0. The van der Waals surface area contributed by atoms with Gasteiger partial charge in [0.05, 0.1) is 44.7 Å². The Bertz CT molecular complexity index is 1640. The van der Waals surface area contributed by atoms with E-state index in [1.807, 2.05) is 0 Å². The summed E-state index contributed by atoms with van der Waals surface area (Å²) in [5.41, 5.74) is 0. The highest BCUT2D eigenvalue weighted by Gasteiger charge is 2.61. The van der Waals surface area contributed by atoms with E-state index >= 15 is 0 Å². The molecule has 5 saturated heterocycles. The van der Waals surface area contributed by atoms with E-state index < -0.39 is 210 Å². The summed E-state index contributed by atoms with van der Waals surface area (Å²) in [6.45, 7) is -1.01. The number of hydrogen-bond acceptors (Lipinski definition) is 27. The SMILES string of the molecule is CC(=O)N[C@H]1[C@H](O[C@@H]2[C@@H](O)[C@@H](O)O[C@H](CO)[C@@H]2O)O[C@H](CO)[C@@H](O[C@@H]2O[C@H](CO)[C@H](O)[C@H](O[C@]3(C(=O)O)C[C@H](O)[C@@H](NC(C)=O)[C@H]([C@H](O)[C@H](O)CO)O3)[C@H]2O)[C@@H]1O[C@@H]1O[C@@H](C)[C@@H](O)[C@@H](O)[C@@H]1O. The Balaban J connectivity index is 1.55. The molecule has 0 aromatic carbocycles.